The summed E-state index contributed by atoms with van der Waals surface area (Å²) < 4.78 is 2.16. The highest BCUT2D eigenvalue weighted by Gasteiger charge is 2.12. The number of nitrogens with one attached hydrogen (secondary N) is 1. The molecule has 0 aliphatic rings. The van der Waals surface area contributed by atoms with E-state index in [1.807, 2.05) is 19.2 Å². The highest BCUT2D eigenvalue weighted by Crippen LogP contribution is 2.28. The topological polar surface area (TPSA) is 37.2 Å². The first-order valence-electron chi connectivity index (χ1n) is 5.66. The first-order chi connectivity index (χ1) is 7.67. The molecule has 0 bridgehead atoms. The van der Waals surface area contributed by atoms with Crippen molar-refractivity contribution in [3.05, 3.63) is 30.0 Å². The van der Waals surface area contributed by atoms with Crippen molar-refractivity contribution in [2.24, 2.45) is 0 Å². The lowest BCUT2D eigenvalue weighted by Gasteiger charge is -2.08. The van der Waals surface area contributed by atoms with Gasteiger partial charge in [0.25, 0.3) is 0 Å². The lowest BCUT2D eigenvalue weighted by atomic mass is 10.1. The van der Waals surface area contributed by atoms with Gasteiger partial charge in [-0.3, -0.25) is 0 Å². The van der Waals surface area contributed by atoms with Crippen molar-refractivity contribution >= 4 is 10.9 Å². The van der Waals surface area contributed by atoms with Crippen LogP contribution in [0.1, 0.15) is 25.5 Å². The smallest absolute Gasteiger partial charge is 0.117 e. The van der Waals surface area contributed by atoms with E-state index in [0.717, 1.165) is 12.1 Å². The third-order valence-corrected chi connectivity index (χ3v) is 3.14. The Hall–Kier alpha value is -1.48. The van der Waals surface area contributed by atoms with Crippen LogP contribution >= 0.6 is 0 Å². The summed E-state index contributed by atoms with van der Waals surface area (Å²) >= 11 is 0. The maximum Gasteiger partial charge on any atom is 0.117 e. The van der Waals surface area contributed by atoms with Crippen molar-refractivity contribution in [2.45, 2.75) is 26.4 Å². The third kappa shape index (κ3) is 1.67. The van der Waals surface area contributed by atoms with E-state index in [2.05, 4.69) is 29.9 Å². The summed E-state index contributed by atoms with van der Waals surface area (Å²) in [5.74, 6) is 0.323. The Morgan fingerprint density at radius 1 is 1.44 bits per heavy atom. The SMILES string of the molecule is CCn1cc(C(C)NC)c2ccc(O)cc21. The summed E-state index contributed by atoms with van der Waals surface area (Å²) in [5, 5.41) is 14.0. The highest BCUT2D eigenvalue weighted by atomic mass is 16.3. The summed E-state index contributed by atoms with van der Waals surface area (Å²) in [6, 6.07) is 5.87. The molecule has 0 saturated heterocycles. The second-order valence-corrected chi connectivity index (χ2v) is 4.08. The Bertz CT molecular complexity index is 502. The molecule has 86 valence electrons. The zero-order valence-electron chi connectivity index (χ0n) is 9.99. The van der Waals surface area contributed by atoms with Gasteiger partial charge in [-0.25, -0.2) is 0 Å². The lowest BCUT2D eigenvalue weighted by molar-refractivity contribution is 0.476. The van der Waals surface area contributed by atoms with Gasteiger partial charge in [-0.15, -0.1) is 0 Å². The predicted octanol–water partition coefficient (Wildman–Crippen LogP) is 2.65. The normalized spacial score (nSPS) is 13.2. The molecule has 1 unspecified atom stereocenters. The molecule has 0 fully saturated rings. The van der Waals surface area contributed by atoms with Gasteiger partial charge in [0.2, 0.25) is 0 Å². The minimum atomic E-state index is 0.319. The molecule has 16 heavy (non-hydrogen) atoms. The van der Waals surface area contributed by atoms with Crippen LogP contribution in [-0.2, 0) is 6.54 Å². The summed E-state index contributed by atoms with van der Waals surface area (Å²) in [4.78, 5) is 0. The number of aromatic hydroxyl groups is 1. The van der Waals surface area contributed by atoms with Gasteiger partial charge in [-0.1, -0.05) is 0 Å². The number of aryl methyl sites for hydroxylation is 1. The second kappa shape index (κ2) is 4.18. The minimum absolute atomic E-state index is 0.319. The number of hydrogen-bond donors (Lipinski definition) is 2. The van der Waals surface area contributed by atoms with E-state index < -0.39 is 0 Å². The average Bonchev–Trinajstić information content (AvgIpc) is 2.66. The third-order valence-electron chi connectivity index (χ3n) is 3.14. The predicted molar refractivity (Wildman–Crippen MR) is 66.8 cm³/mol. The van der Waals surface area contributed by atoms with E-state index in [-0.39, 0.29) is 0 Å². The molecule has 0 radical (unpaired) electrons. The summed E-state index contributed by atoms with van der Waals surface area (Å²) in [6.45, 7) is 5.16. The standard InChI is InChI=1S/C13H18N2O/c1-4-15-8-12(9(2)14-3)11-6-5-10(16)7-13(11)15/h5-9,14,16H,4H2,1-3H3. The summed E-state index contributed by atoms with van der Waals surface area (Å²) in [7, 11) is 1.96. The zero-order valence-corrected chi connectivity index (χ0v) is 9.99. The molecule has 1 heterocycles. The van der Waals surface area contributed by atoms with Crippen molar-refractivity contribution in [1.82, 2.24) is 9.88 Å². The van der Waals surface area contributed by atoms with Crippen molar-refractivity contribution in [2.75, 3.05) is 7.05 Å². The number of phenols is 1. The van der Waals surface area contributed by atoms with E-state index in [1.54, 1.807) is 6.07 Å². The fourth-order valence-corrected chi connectivity index (χ4v) is 2.07. The van der Waals surface area contributed by atoms with Crippen LogP contribution < -0.4 is 5.32 Å². The Labute approximate surface area is 95.7 Å². The van der Waals surface area contributed by atoms with E-state index in [0.29, 0.717) is 11.8 Å². The van der Waals surface area contributed by atoms with E-state index >= 15 is 0 Å². The number of hydrogen-bond acceptors (Lipinski definition) is 2. The van der Waals surface area contributed by atoms with Gasteiger partial charge in [-0.05, 0) is 38.6 Å². The van der Waals surface area contributed by atoms with Gasteiger partial charge in [0.1, 0.15) is 5.75 Å². The molecule has 2 aromatic rings. The number of fused-ring (bicyclic) bond motifs is 1. The van der Waals surface area contributed by atoms with E-state index in [4.69, 9.17) is 0 Å². The molecule has 0 amide bonds. The second-order valence-electron chi connectivity index (χ2n) is 4.08. The molecule has 1 atom stereocenters. The number of aromatic nitrogens is 1. The Morgan fingerprint density at radius 2 is 2.19 bits per heavy atom. The van der Waals surface area contributed by atoms with Crippen LogP contribution in [0.5, 0.6) is 5.75 Å². The quantitative estimate of drug-likeness (QED) is 0.831. The summed E-state index contributed by atoms with van der Waals surface area (Å²) in [6.07, 6.45) is 2.16. The van der Waals surface area contributed by atoms with Gasteiger partial charge in [-0.2, -0.15) is 0 Å². The fraction of sp³-hybridized carbons (Fsp3) is 0.385. The van der Waals surface area contributed by atoms with Crippen molar-refractivity contribution in [3.63, 3.8) is 0 Å². The van der Waals surface area contributed by atoms with Crippen LogP contribution in [0.3, 0.4) is 0 Å². The van der Waals surface area contributed by atoms with Crippen LogP contribution in [-0.4, -0.2) is 16.7 Å². The Balaban J connectivity index is 2.67. The molecule has 3 heteroatoms. The van der Waals surface area contributed by atoms with Gasteiger partial charge in [0, 0.05) is 30.2 Å². The van der Waals surface area contributed by atoms with E-state index in [1.165, 1.54) is 10.9 Å². The summed E-state index contributed by atoms with van der Waals surface area (Å²) in [5.41, 5.74) is 2.37. The first kappa shape index (κ1) is 11.0. The molecule has 1 aromatic heterocycles. The first-order valence-corrected chi connectivity index (χ1v) is 5.66. The van der Waals surface area contributed by atoms with Crippen molar-refractivity contribution < 1.29 is 5.11 Å². The van der Waals surface area contributed by atoms with Gasteiger partial charge in [0.05, 0.1) is 5.52 Å². The molecule has 2 rings (SSSR count). The van der Waals surface area contributed by atoms with Crippen LogP contribution in [0.4, 0.5) is 0 Å². The molecule has 0 aliphatic heterocycles. The molecule has 0 aliphatic carbocycles. The molecule has 1 aromatic carbocycles. The van der Waals surface area contributed by atoms with Crippen LogP contribution in [0.25, 0.3) is 10.9 Å². The minimum Gasteiger partial charge on any atom is -0.508 e. The number of benzene rings is 1. The van der Waals surface area contributed by atoms with Crippen LogP contribution in [0.2, 0.25) is 0 Å². The lowest BCUT2D eigenvalue weighted by Crippen LogP contribution is -2.11. The largest absolute Gasteiger partial charge is 0.508 e. The van der Waals surface area contributed by atoms with Crippen molar-refractivity contribution in [1.29, 1.82) is 0 Å². The molecule has 2 N–H and O–H groups in total. The molecular formula is C13H18N2O. The van der Waals surface area contributed by atoms with Crippen molar-refractivity contribution in [3.8, 4) is 5.75 Å². The van der Waals surface area contributed by atoms with Crippen LogP contribution in [0.15, 0.2) is 24.4 Å². The number of rotatable bonds is 3. The van der Waals surface area contributed by atoms with Crippen LogP contribution in [0, 0.1) is 0 Å². The molecule has 3 nitrogen and oxygen atoms in total. The number of nitrogens with zero attached hydrogens (tertiary/aromatic N) is 1. The molecular weight excluding hydrogens is 200 g/mol. The number of phenolic OH excluding ortho intramolecular Hbond substituents is 1. The molecule has 0 spiro atoms. The zero-order chi connectivity index (χ0) is 11.7. The van der Waals surface area contributed by atoms with Gasteiger partial charge >= 0.3 is 0 Å². The Morgan fingerprint density at radius 3 is 2.81 bits per heavy atom. The Kier molecular flexibility index (Phi) is 2.88. The van der Waals surface area contributed by atoms with Gasteiger partial charge < -0.3 is 15.0 Å². The fourth-order valence-electron chi connectivity index (χ4n) is 2.07. The highest BCUT2D eigenvalue weighted by molar-refractivity contribution is 5.85. The monoisotopic (exact) mass is 218 g/mol. The van der Waals surface area contributed by atoms with Gasteiger partial charge in [0.15, 0.2) is 0 Å². The molecule has 0 saturated carbocycles. The van der Waals surface area contributed by atoms with E-state index in [9.17, 15) is 5.11 Å². The average molecular weight is 218 g/mol. The maximum absolute atomic E-state index is 9.53. The maximum atomic E-state index is 9.53.